The zero-order valence-electron chi connectivity index (χ0n) is 14.5. The predicted molar refractivity (Wildman–Crippen MR) is 90.9 cm³/mol. The van der Waals surface area contributed by atoms with Crippen LogP contribution in [0.4, 0.5) is 0 Å². The molecule has 1 aromatic carbocycles. The van der Waals surface area contributed by atoms with Gasteiger partial charge in [0.15, 0.2) is 0 Å². The normalized spacial score (nSPS) is 13.4. The van der Waals surface area contributed by atoms with Crippen LogP contribution in [0.25, 0.3) is 0 Å². The summed E-state index contributed by atoms with van der Waals surface area (Å²) in [4.78, 5) is 2.32. The van der Waals surface area contributed by atoms with Crippen molar-refractivity contribution < 1.29 is 4.74 Å². The molecule has 0 saturated heterocycles. The molecule has 0 amide bonds. The van der Waals surface area contributed by atoms with E-state index in [0.717, 1.165) is 19.7 Å². The maximum atomic E-state index is 5.61. The second-order valence-electron chi connectivity index (χ2n) is 6.34. The zero-order valence-corrected chi connectivity index (χ0v) is 14.5. The van der Waals surface area contributed by atoms with E-state index in [4.69, 9.17) is 4.74 Å². The summed E-state index contributed by atoms with van der Waals surface area (Å²) in [5.74, 6) is 0.586. The molecule has 0 fully saturated rings. The van der Waals surface area contributed by atoms with Gasteiger partial charge in [-0.3, -0.25) is 0 Å². The SMILES string of the molecule is CNC(CN(C)CCOC(C)C)c1ccc(C(C)C)cc1. The van der Waals surface area contributed by atoms with E-state index in [9.17, 15) is 0 Å². The van der Waals surface area contributed by atoms with Crippen molar-refractivity contribution >= 4 is 0 Å². The highest BCUT2D eigenvalue weighted by Gasteiger charge is 2.12. The van der Waals surface area contributed by atoms with Crippen molar-refractivity contribution in [3.63, 3.8) is 0 Å². The summed E-state index contributed by atoms with van der Waals surface area (Å²) in [5, 5.41) is 3.41. The van der Waals surface area contributed by atoms with Crippen LogP contribution in [0, 0.1) is 0 Å². The van der Waals surface area contributed by atoms with Crippen LogP contribution in [-0.2, 0) is 4.74 Å². The number of benzene rings is 1. The molecule has 0 heterocycles. The first-order valence-electron chi connectivity index (χ1n) is 8.01. The molecular weight excluding hydrogens is 260 g/mol. The Bertz CT molecular complexity index is 387. The fourth-order valence-electron chi connectivity index (χ4n) is 2.32. The summed E-state index contributed by atoms with van der Waals surface area (Å²) < 4.78 is 5.61. The lowest BCUT2D eigenvalue weighted by Crippen LogP contribution is -2.33. The third kappa shape index (κ3) is 6.60. The van der Waals surface area contributed by atoms with Crippen LogP contribution in [0.3, 0.4) is 0 Å². The van der Waals surface area contributed by atoms with Crippen LogP contribution < -0.4 is 5.32 Å². The molecule has 0 aliphatic heterocycles. The molecule has 21 heavy (non-hydrogen) atoms. The van der Waals surface area contributed by atoms with Gasteiger partial charge in [0.05, 0.1) is 12.7 Å². The second-order valence-corrected chi connectivity index (χ2v) is 6.34. The Morgan fingerprint density at radius 1 is 1.05 bits per heavy atom. The second kappa shape index (κ2) is 9.19. The van der Waals surface area contributed by atoms with Crippen molar-refractivity contribution in [1.29, 1.82) is 0 Å². The Balaban J connectivity index is 2.53. The summed E-state index contributed by atoms with van der Waals surface area (Å²) in [6, 6.07) is 9.33. The van der Waals surface area contributed by atoms with Crippen LogP contribution in [-0.4, -0.2) is 44.8 Å². The van der Waals surface area contributed by atoms with Crippen molar-refractivity contribution in [3.8, 4) is 0 Å². The van der Waals surface area contributed by atoms with Crippen LogP contribution in [0.1, 0.15) is 50.8 Å². The molecule has 1 N–H and O–H groups in total. The highest BCUT2D eigenvalue weighted by molar-refractivity contribution is 5.27. The van der Waals surface area contributed by atoms with Crippen LogP contribution in [0.15, 0.2) is 24.3 Å². The Morgan fingerprint density at radius 2 is 1.62 bits per heavy atom. The molecule has 1 aromatic rings. The molecule has 3 heteroatoms. The van der Waals surface area contributed by atoms with E-state index in [0.29, 0.717) is 18.1 Å². The number of nitrogens with zero attached hydrogens (tertiary/aromatic N) is 1. The maximum Gasteiger partial charge on any atom is 0.0596 e. The monoisotopic (exact) mass is 292 g/mol. The van der Waals surface area contributed by atoms with E-state index in [-0.39, 0.29) is 0 Å². The van der Waals surface area contributed by atoms with Gasteiger partial charge in [-0.25, -0.2) is 0 Å². The molecule has 0 spiro atoms. The number of rotatable bonds is 9. The smallest absolute Gasteiger partial charge is 0.0596 e. The van der Waals surface area contributed by atoms with Gasteiger partial charge < -0.3 is 15.0 Å². The minimum Gasteiger partial charge on any atom is -0.377 e. The van der Waals surface area contributed by atoms with Gasteiger partial charge in [-0.15, -0.1) is 0 Å². The average Bonchev–Trinajstić information content (AvgIpc) is 2.44. The van der Waals surface area contributed by atoms with Crippen LogP contribution in [0.2, 0.25) is 0 Å². The molecule has 0 aliphatic rings. The number of hydrogen-bond acceptors (Lipinski definition) is 3. The standard InChI is InChI=1S/C18H32N2O/c1-14(2)16-7-9-17(10-8-16)18(19-5)13-20(6)11-12-21-15(3)4/h7-10,14-15,18-19H,11-13H2,1-6H3. The molecule has 3 nitrogen and oxygen atoms in total. The average molecular weight is 292 g/mol. The van der Waals surface area contributed by atoms with E-state index in [1.165, 1.54) is 11.1 Å². The first-order chi connectivity index (χ1) is 9.93. The lowest BCUT2D eigenvalue weighted by molar-refractivity contribution is 0.0624. The van der Waals surface area contributed by atoms with Gasteiger partial charge in [0.25, 0.3) is 0 Å². The van der Waals surface area contributed by atoms with E-state index < -0.39 is 0 Å². The summed E-state index contributed by atoms with van der Waals surface area (Å²) in [6.07, 6.45) is 0.307. The number of hydrogen-bond donors (Lipinski definition) is 1. The Hall–Kier alpha value is -0.900. The predicted octanol–water partition coefficient (Wildman–Crippen LogP) is 3.43. The molecule has 0 radical (unpaired) electrons. The van der Waals surface area contributed by atoms with Crippen molar-refractivity contribution in [2.24, 2.45) is 0 Å². The Labute approximate surface area is 130 Å². The largest absolute Gasteiger partial charge is 0.377 e. The van der Waals surface area contributed by atoms with Crippen molar-refractivity contribution in [1.82, 2.24) is 10.2 Å². The molecule has 0 aromatic heterocycles. The molecular formula is C18H32N2O. The molecule has 1 rings (SSSR count). The van der Waals surface area contributed by atoms with E-state index in [2.05, 4.69) is 69.2 Å². The van der Waals surface area contributed by atoms with Crippen molar-refractivity contribution in [2.45, 2.75) is 45.8 Å². The van der Waals surface area contributed by atoms with Crippen LogP contribution >= 0.6 is 0 Å². The molecule has 0 saturated carbocycles. The third-order valence-corrected chi connectivity index (χ3v) is 3.77. The van der Waals surface area contributed by atoms with E-state index >= 15 is 0 Å². The van der Waals surface area contributed by atoms with Gasteiger partial charge in [0.2, 0.25) is 0 Å². The Morgan fingerprint density at radius 3 is 2.10 bits per heavy atom. The number of ether oxygens (including phenoxy) is 1. The molecule has 0 bridgehead atoms. The fourth-order valence-corrected chi connectivity index (χ4v) is 2.32. The first kappa shape index (κ1) is 18.1. The van der Waals surface area contributed by atoms with Gasteiger partial charge in [-0.1, -0.05) is 38.1 Å². The minimum atomic E-state index is 0.307. The number of likely N-dealkylation sites (N-methyl/N-ethyl adjacent to an activating group) is 2. The third-order valence-electron chi connectivity index (χ3n) is 3.77. The van der Waals surface area contributed by atoms with Gasteiger partial charge in [0.1, 0.15) is 0 Å². The summed E-state index contributed by atoms with van der Waals surface area (Å²) in [7, 11) is 4.18. The highest BCUT2D eigenvalue weighted by atomic mass is 16.5. The maximum absolute atomic E-state index is 5.61. The molecule has 0 aliphatic carbocycles. The van der Waals surface area contributed by atoms with Gasteiger partial charge in [-0.2, -0.15) is 0 Å². The molecule has 1 atom stereocenters. The fraction of sp³-hybridized carbons (Fsp3) is 0.667. The first-order valence-corrected chi connectivity index (χ1v) is 8.01. The summed E-state index contributed by atoms with van der Waals surface area (Å²) in [6.45, 7) is 11.3. The lowest BCUT2D eigenvalue weighted by atomic mass is 9.99. The topological polar surface area (TPSA) is 24.5 Å². The van der Waals surface area contributed by atoms with Gasteiger partial charge in [0, 0.05) is 19.1 Å². The quantitative estimate of drug-likeness (QED) is 0.754. The summed E-state index contributed by atoms with van der Waals surface area (Å²) >= 11 is 0. The summed E-state index contributed by atoms with van der Waals surface area (Å²) in [5.41, 5.74) is 2.74. The number of nitrogens with one attached hydrogen (secondary N) is 1. The van der Waals surface area contributed by atoms with Crippen molar-refractivity contribution in [3.05, 3.63) is 35.4 Å². The molecule has 120 valence electrons. The van der Waals surface area contributed by atoms with Gasteiger partial charge in [-0.05, 0) is 45.0 Å². The van der Waals surface area contributed by atoms with E-state index in [1.54, 1.807) is 0 Å². The van der Waals surface area contributed by atoms with E-state index in [1.807, 2.05) is 7.05 Å². The Kier molecular flexibility index (Phi) is 7.94. The minimum absolute atomic E-state index is 0.307. The highest BCUT2D eigenvalue weighted by Crippen LogP contribution is 2.19. The van der Waals surface area contributed by atoms with Crippen LogP contribution in [0.5, 0.6) is 0 Å². The van der Waals surface area contributed by atoms with Gasteiger partial charge >= 0.3 is 0 Å². The van der Waals surface area contributed by atoms with Crippen molar-refractivity contribution in [2.75, 3.05) is 33.8 Å². The molecule has 1 unspecified atom stereocenters. The zero-order chi connectivity index (χ0) is 15.8. The lowest BCUT2D eigenvalue weighted by Gasteiger charge is -2.24.